The van der Waals surface area contributed by atoms with Crippen LogP contribution >= 0.6 is 0 Å². The molecule has 0 aromatic heterocycles. The molecule has 26 heavy (non-hydrogen) atoms. The molecular weight excluding hydrogens is 326 g/mol. The van der Waals surface area contributed by atoms with Gasteiger partial charge in [-0.1, -0.05) is 42.5 Å². The topological polar surface area (TPSA) is 39.7 Å². The van der Waals surface area contributed by atoms with Crippen molar-refractivity contribution in [3.05, 3.63) is 59.7 Å². The van der Waals surface area contributed by atoms with E-state index in [0.29, 0.717) is 25.9 Å². The van der Waals surface area contributed by atoms with E-state index < -0.39 is 0 Å². The molecule has 2 aromatic carbocycles. The van der Waals surface area contributed by atoms with Crippen molar-refractivity contribution in [1.82, 2.24) is 5.32 Å². The second-order valence-corrected chi connectivity index (χ2v) is 6.81. The lowest BCUT2D eigenvalue weighted by Crippen LogP contribution is -2.21. The van der Waals surface area contributed by atoms with Crippen LogP contribution in [0.4, 0.5) is 0 Å². The molecular formula is C22H29NO3. The van der Waals surface area contributed by atoms with Gasteiger partial charge in [-0.2, -0.15) is 0 Å². The van der Waals surface area contributed by atoms with Crippen molar-refractivity contribution in [2.24, 2.45) is 0 Å². The summed E-state index contributed by atoms with van der Waals surface area (Å²) in [5.74, 6) is 1.65. The van der Waals surface area contributed by atoms with Crippen molar-refractivity contribution < 1.29 is 14.2 Å². The van der Waals surface area contributed by atoms with Crippen LogP contribution in [0.25, 0.3) is 0 Å². The Hall–Kier alpha value is -2.04. The van der Waals surface area contributed by atoms with E-state index in [9.17, 15) is 0 Å². The van der Waals surface area contributed by atoms with Crippen LogP contribution in [0.1, 0.15) is 43.4 Å². The highest BCUT2D eigenvalue weighted by molar-refractivity contribution is 5.48. The molecule has 0 saturated heterocycles. The fourth-order valence-corrected chi connectivity index (χ4v) is 2.95. The van der Waals surface area contributed by atoms with E-state index in [-0.39, 0.29) is 6.04 Å². The normalized spacial score (nSPS) is 14.8. The molecule has 1 aliphatic rings. The van der Waals surface area contributed by atoms with E-state index in [1.54, 1.807) is 7.11 Å². The van der Waals surface area contributed by atoms with E-state index >= 15 is 0 Å². The van der Waals surface area contributed by atoms with Gasteiger partial charge in [-0.3, -0.25) is 0 Å². The monoisotopic (exact) mass is 355 g/mol. The summed E-state index contributed by atoms with van der Waals surface area (Å²) in [5, 5.41) is 3.65. The third kappa shape index (κ3) is 5.48. The summed E-state index contributed by atoms with van der Waals surface area (Å²) in [4.78, 5) is 0. The summed E-state index contributed by atoms with van der Waals surface area (Å²) in [6, 6.07) is 17.2. The van der Waals surface area contributed by atoms with Crippen LogP contribution in [0.5, 0.6) is 11.5 Å². The van der Waals surface area contributed by atoms with Gasteiger partial charge in [0.05, 0.1) is 6.61 Å². The molecule has 0 spiro atoms. The third-order valence-corrected chi connectivity index (χ3v) is 4.52. The van der Waals surface area contributed by atoms with Gasteiger partial charge in [0.15, 0.2) is 11.5 Å². The third-order valence-electron chi connectivity index (χ3n) is 4.52. The molecule has 2 aromatic rings. The Morgan fingerprint density at radius 1 is 1.00 bits per heavy atom. The lowest BCUT2D eigenvalue weighted by molar-refractivity contribution is 0.168. The van der Waals surface area contributed by atoms with Gasteiger partial charge in [0.1, 0.15) is 6.61 Å². The molecule has 4 nitrogen and oxygen atoms in total. The number of nitrogens with one attached hydrogen (secondary N) is 1. The van der Waals surface area contributed by atoms with Crippen LogP contribution in [-0.4, -0.2) is 26.4 Å². The molecule has 1 atom stereocenters. The minimum atomic E-state index is 0.236. The Morgan fingerprint density at radius 2 is 1.81 bits per heavy atom. The lowest BCUT2D eigenvalue weighted by Gasteiger charge is -2.21. The van der Waals surface area contributed by atoms with Crippen LogP contribution in [0.15, 0.2) is 48.5 Å². The van der Waals surface area contributed by atoms with E-state index in [1.165, 1.54) is 12.8 Å². The first-order valence-electron chi connectivity index (χ1n) is 9.45. The molecule has 4 heteroatoms. The Balaban J connectivity index is 1.74. The van der Waals surface area contributed by atoms with Crippen molar-refractivity contribution in [1.29, 1.82) is 0 Å². The average Bonchev–Trinajstić information content (AvgIpc) is 3.48. The molecule has 1 aliphatic carbocycles. The maximum Gasteiger partial charge on any atom is 0.165 e. The highest BCUT2D eigenvalue weighted by atomic mass is 16.5. The van der Waals surface area contributed by atoms with E-state index in [4.69, 9.17) is 14.2 Å². The predicted molar refractivity (Wildman–Crippen MR) is 104 cm³/mol. The maximum atomic E-state index is 6.14. The zero-order valence-corrected chi connectivity index (χ0v) is 15.7. The summed E-state index contributed by atoms with van der Waals surface area (Å²) < 4.78 is 17.4. The standard InChI is InChI=1S/C22H29NO3/c1-17(23-19-12-13-19)20-10-6-11-21(22(20)25-15-7-14-24-2)26-16-18-8-4-3-5-9-18/h3-6,8-11,17,19,23H,7,12-16H2,1-2H3. The Kier molecular flexibility index (Phi) is 6.92. The predicted octanol–water partition coefficient (Wildman–Crippen LogP) is 4.49. The van der Waals surface area contributed by atoms with Gasteiger partial charge in [-0.05, 0) is 31.4 Å². The molecule has 0 heterocycles. The zero-order valence-electron chi connectivity index (χ0n) is 15.7. The summed E-state index contributed by atoms with van der Waals surface area (Å²) in [7, 11) is 1.71. The number of ether oxygens (including phenoxy) is 3. The molecule has 1 N–H and O–H groups in total. The first-order chi connectivity index (χ1) is 12.8. The van der Waals surface area contributed by atoms with Crippen molar-refractivity contribution in [3.8, 4) is 11.5 Å². The minimum Gasteiger partial charge on any atom is -0.489 e. The van der Waals surface area contributed by atoms with Crippen molar-refractivity contribution >= 4 is 0 Å². The van der Waals surface area contributed by atoms with E-state index in [1.807, 2.05) is 30.3 Å². The summed E-state index contributed by atoms with van der Waals surface area (Å²) >= 11 is 0. The second-order valence-electron chi connectivity index (χ2n) is 6.81. The van der Waals surface area contributed by atoms with Gasteiger partial charge < -0.3 is 19.5 Å². The van der Waals surface area contributed by atoms with Gasteiger partial charge in [0.25, 0.3) is 0 Å². The zero-order chi connectivity index (χ0) is 18.2. The Morgan fingerprint density at radius 3 is 2.54 bits per heavy atom. The van der Waals surface area contributed by atoms with Gasteiger partial charge in [-0.15, -0.1) is 0 Å². The fourth-order valence-electron chi connectivity index (χ4n) is 2.95. The minimum absolute atomic E-state index is 0.236. The number of rotatable bonds is 11. The molecule has 3 rings (SSSR count). The molecule has 0 bridgehead atoms. The summed E-state index contributed by atoms with van der Waals surface area (Å²) in [5.41, 5.74) is 2.30. The van der Waals surface area contributed by atoms with E-state index in [0.717, 1.165) is 29.0 Å². The summed E-state index contributed by atoms with van der Waals surface area (Å²) in [6.45, 7) is 4.03. The van der Waals surface area contributed by atoms with Crippen LogP contribution < -0.4 is 14.8 Å². The second kappa shape index (κ2) is 9.60. The Labute approximate surface area is 156 Å². The molecule has 1 fully saturated rings. The maximum absolute atomic E-state index is 6.14. The largest absolute Gasteiger partial charge is 0.489 e. The van der Waals surface area contributed by atoms with Gasteiger partial charge in [0.2, 0.25) is 0 Å². The van der Waals surface area contributed by atoms with Crippen molar-refractivity contribution in [2.45, 2.75) is 44.9 Å². The first kappa shape index (κ1) is 18.7. The van der Waals surface area contributed by atoms with Crippen molar-refractivity contribution in [3.63, 3.8) is 0 Å². The van der Waals surface area contributed by atoms with Crippen LogP contribution in [0.2, 0.25) is 0 Å². The number of methoxy groups -OCH3 is 1. The molecule has 140 valence electrons. The van der Waals surface area contributed by atoms with Crippen LogP contribution in [0, 0.1) is 0 Å². The number of benzene rings is 2. The molecule has 0 aliphatic heterocycles. The average molecular weight is 355 g/mol. The van der Waals surface area contributed by atoms with Crippen LogP contribution in [-0.2, 0) is 11.3 Å². The van der Waals surface area contributed by atoms with Crippen molar-refractivity contribution in [2.75, 3.05) is 20.3 Å². The lowest BCUT2D eigenvalue weighted by atomic mass is 10.1. The Bertz CT molecular complexity index is 670. The summed E-state index contributed by atoms with van der Waals surface area (Å²) in [6.07, 6.45) is 3.38. The molecule has 1 unspecified atom stereocenters. The quantitative estimate of drug-likeness (QED) is 0.603. The number of para-hydroxylation sites is 1. The molecule has 1 saturated carbocycles. The van der Waals surface area contributed by atoms with Crippen LogP contribution in [0.3, 0.4) is 0 Å². The smallest absolute Gasteiger partial charge is 0.165 e. The highest BCUT2D eigenvalue weighted by Crippen LogP contribution is 2.37. The van der Waals surface area contributed by atoms with Gasteiger partial charge >= 0.3 is 0 Å². The molecule has 0 radical (unpaired) electrons. The number of hydrogen-bond acceptors (Lipinski definition) is 4. The fraction of sp³-hybridized carbons (Fsp3) is 0.455. The van der Waals surface area contributed by atoms with E-state index in [2.05, 4.69) is 30.4 Å². The van der Waals surface area contributed by atoms with Gasteiger partial charge in [-0.25, -0.2) is 0 Å². The molecule has 0 amide bonds. The number of hydrogen-bond donors (Lipinski definition) is 1. The first-order valence-corrected chi connectivity index (χ1v) is 9.45. The SMILES string of the molecule is COCCCOc1c(OCc2ccccc2)cccc1C(C)NC1CC1. The highest BCUT2D eigenvalue weighted by Gasteiger charge is 2.25. The van der Waals surface area contributed by atoms with Gasteiger partial charge in [0, 0.05) is 37.8 Å².